The zero-order valence-electron chi connectivity index (χ0n) is 12.9. The fourth-order valence-corrected chi connectivity index (χ4v) is 2.66. The lowest BCUT2D eigenvalue weighted by Crippen LogP contribution is -2.19. The minimum Gasteiger partial charge on any atom is -0.490 e. The maximum Gasteiger partial charge on any atom is 0.321 e. The van der Waals surface area contributed by atoms with Crippen molar-refractivity contribution < 1.29 is 14.3 Å². The second-order valence-electron chi connectivity index (χ2n) is 5.48. The Hall–Kier alpha value is -3.09. The van der Waals surface area contributed by atoms with Crippen LogP contribution in [-0.4, -0.2) is 33.7 Å². The second-order valence-corrected chi connectivity index (χ2v) is 5.48. The van der Waals surface area contributed by atoms with Crippen molar-refractivity contribution in [2.24, 2.45) is 0 Å². The molecule has 0 unspecified atom stereocenters. The molecular formula is C17H16N4O3. The van der Waals surface area contributed by atoms with Gasteiger partial charge in [0.25, 0.3) is 0 Å². The average Bonchev–Trinajstić information content (AvgIpc) is 3.02. The van der Waals surface area contributed by atoms with E-state index in [2.05, 4.69) is 15.5 Å². The first-order valence-electron chi connectivity index (χ1n) is 7.78. The third kappa shape index (κ3) is 2.88. The number of benzene rings is 1. The highest BCUT2D eigenvalue weighted by molar-refractivity contribution is 5.93. The molecule has 0 saturated heterocycles. The molecule has 7 heteroatoms. The molecule has 1 aromatic carbocycles. The lowest BCUT2D eigenvalue weighted by molar-refractivity contribution is -0.116. The van der Waals surface area contributed by atoms with E-state index < -0.39 is 0 Å². The summed E-state index contributed by atoms with van der Waals surface area (Å²) in [5.74, 6) is 0.824. The van der Waals surface area contributed by atoms with Crippen LogP contribution in [0, 0.1) is 0 Å². The van der Waals surface area contributed by atoms with Crippen LogP contribution >= 0.6 is 0 Å². The van der Waals surface area contributed by atoms with Crippen LogP contribution in [-0.2, 0) is 11.2 Å². The SMILES string of the molecule is O=C1CCc2cc(OCCOc3nnc4ccccn34)ccc2N1. The number of fused-ring (bicyclic) bond motifs is 2. The van der Waals surface area contributed by atoms with Gasteiger partial charge in [-0.05, 0) is 42.3 Å². The van der Waals surface area contributed by atoms with E-state index in [1.165, 1.54) is 0 Å². The highest BCUT2D eigenvalue weighted by Gasteiger charge is 2.15. The molecule has 0 spiro atoms. The maximum absolute atomic E-state index is 11.4. The first kappa shape index (κ1) is 14.5. The van der Waals surface area contributed by atoms with Crippen molar-refractivity contribution >= 4 is 17.2 Å². The Morgan fingerprint density at radius 1 is 1.08 bits per heavy atom. The molecule has 0 bridgehead atoms. The third-order valence-electron chi connectivity index (χ3n) is 3.84. The number of hydrogen-bond donors (Lipinski definition) is 1. The quantitative estimate of drug-likeness (QED) is 0.727. The molecule has 0 fully saturated rings. The predicted octanol–water partition coefficient (Wildman–Crippen LogP) is 2.07. The lowest BCUT2D eigenvalue weighted by Gasteiger charge is -2.17. The van der Waals surface area contributed by atoms with Gasteiger partial charge >= 0.3 is 6.01 Å². The first-order chi connectivity index (χ1) is 11.8. The molecule has 24 heavy (non-hydrogen) atoms. The van der Waals surface area contributed by atoms with E-state index in [0.29, 0.717) is 25.6 Å². The summed E-state index contributed by atoms with van der Waals surface area (Å²) in [7, 11) is 0. The number of carbonyl (C=O) groups is 1. The van der Waals surface area contributed by atoms with Gasteiger partial charge in [-0.25, -0.2) is 0 Å². The van der Waals surface area contributed by atoms with Crippen LogP contribution in [0.3, 0.4) is 0 Å². The summed E-state index contributed by atoms with van der Waals surface area (Å²) in [6.07, 6.45) is 3.10. The van der Waals surface area contributed by atoms with Gasteiger partial charge in [0.2, 0.25) is 5.91 Å². The van der Waals surface area contributed by atoms with Crippen molar-refractivity contribution in [3.05, 3.63) is 48.2 Å². The van der Waals surface area contributed by atoms with E-state index in [4.69, 9.17) is 9.47 Å². The number of ether oxygens (including phenoxy) is 2. The molecule has 1 aliphatic heterocycles. The average molecular weight is 324 g/mol. The number of nitrogens with one attached hydrogen (secondary N) is 1. The van der Waals surface area contributed by atoms with Crippen molar-refractivity contribution in [1.29, 1.82) is 0 Å². The number of aryl methyl sites for hydroxylation is 1. The van der Waals surface area contributed by atoms with Gasteiger partial charge in [0, 0.05) is 18.3 Å². The standard InChI is InChI=1S/C17H16N4O3/c22-16-7-4-12-11-13(5-6-14(12)18-16)23-9-10-24-17-20-19-15-3-1-2-8-21(15)17/h1-3,5-6,8,11H,4,7,9-10H2,(H,18,22). The molecule has 2 aromatic heterocycles. The van der Waals surface area contributed by atoms with Gasteiger partial charge in [0.1, 0.15) is 19.0 Å². The van der Waals surface area contributed by atoms with Gasteiger partial charge in [-0.3, -0.25) is 9.20 Å². The fourth-order valence-electron chi connectivity index (χ4n) is 2.66. The van der Waals surface area contributed by atoms with Crippen molar-refractivity contribution in [1.82, 2.24) is 14.6 Å². The normalized spacial score (nSPS) is 13.4. The topological polar surface area (TPSA) is 77.8 Å². The van der Waals surface area contributed by atoms with E-state index in [1.807, 2.05) is 42.6 Å². The smallest absolute Gasteiger partial charge is 0.321 e. The second kappa shape index (κ2) is 6.19. The molecule has 4 rings (SSSR count). The number of anilines is 1. The van der Waals surface area contributed by atoms with Gasteiger partial charge in [0.05, 0.1) is 0 Å². The summed E-state index contributed by atoms with van der Waals surface area (Å²) in [6.45, 7) is 0.760. The van der Waals surface area contributed by atoms with E-state index >= 15 is 0 Å². The summed E-state index contributed by atoms with van der Waals surface area (Å²) in [6, 6.07) is 11.8. The number of rotatable bonds is 5. The lowest BCUT2D eigenvalue weighted by atomic mass is 10.0. The van der Waals surface area contributed by atoms with Crippen LogP contribution in [0.5, 0.6) is 11.8 Å². The van der Waals surface area contributed by atoms with E-state index in [0.717, 1.165) is 29.1 Å². The van der Waals surface area contributed by atoms with Gasteiger partial charge in [0.15, 0.2) is 5.65 Å². The highest BCUT2D eigenvalue weighted by atomic mass is 16.5. The maximum atomic E-state index is 11.4. The monoisotopic (exact) mass is 324 g/mol. The summed E-state index contributed by atoms with van der Waals surface area (Å²) in [5, 5.41) is 10.9. The zero-order chi connectivity index (χ0) is 16.4. The Morgan fingerprint density at radius 3 is 2.96 bits per heavy atom. The van der Waals surface area contributed by atoms with Gasteiger partial charge in [-0.15, -0.1) is 5.10 Å². The van der Waals surface area contributed by atoms with Gasteiger partial charge in [-0.2, -0.15) is 0 Å². The molecular weight excluding hydrogens is 308 g/mol. The molecule has 0 saturated carbocycles. The van der Waals surface area contributed by atoms with Gasteiger partial charge in [-0.1, -0.05) is 11.2 Å². The minimum absolute atomic E-state index is 0.0603. The van der Waals surface area contributed by atoms with Crippen molar-refractivity contribution in [3.8, 4) is 11.8 Å². The molecule has 0 aliphatic carbocycles. The van der Waals surface area contributed by atoms with E-state index in [-0.39, 0.29) is 5.91 Å². The number of aromatic nitrogens is 3. The molecule has 1 amide bonds. The summed E-state index contributed by atoms with van der Waals surface area (Å²) >= 11 is 0. The van der Waals surface area contributed by atoms with Crippen molar-refractivity contribution in [3.63, 3.8) is 0 Å². The Labute approximate surface area is 138 Å². The van der Waals surface area contributed by atoms with Crippen LogP contribution in [0.2, 0.25) is 0 Å². The van der Waals surface area contributed by atoms with Crippen LogP contribution in [0.15, 0.2) is 42.6 Å². The summed E-state index contributed by atoms with van der Waals surface area (Å²) in [4.78, 5) is 11.4. The van der Waals surface area contributed by atoms with Crippen LogP contribution in [0.4, 0.5) is 5.69 Å². The number of amides is 1. The van der Waals surface area contributed by atoms with E-state index in [9.17, 15) is 4.79 Å². The Balaban J connectivity index is 1.34. The number of pyridine rings is 1. The van der Waals surface area contributed by atoms with Crippen molar-refractivity contribution in [2.75, 3.05) is 18.5 Å². The largest absolute Gasteiger partial charge is 0.490 e. The summed E-state index contributed by atoms with van der Waals surface area (Å²) in [5.41, 5.74) is 2.70. The van der Waals surface area contributed by atoms with Crippen LogP contribution < -0.4 is 14.8 Å². The molecule has 3 aromatic rings. The third-order valence-corrected chi connectivity index (χ3v) is 3.84. The van der Waals surface area contributed by atoms with Crippen LogP contribution in [0.25, 0.3) is 5.65 Å². The van der Waals surface area contributed by atoms with Crippen LogP contribution in [0.1, 0.15) is 12.0 Å². The van der Waals surface area contributed by atoms with Gasteiger partial charge < -0.3 is 14.8 Å². The number of nitrogens with zero attached hydrogens (tertiary/aromatic N) is 3. The molecule has 122 valence electrons. The number of hydrogen-bond acceptors (Lipinski definition) is 5. The molecule has 7 nitrogen and oxygen atoms in total. The van der Waals surface area contributed by atoms with Crippen molar-refractivity contribution in [2.45, 2.75) is 12.8 Å². The molecule has 0 radical (unpaired) electrons. The molecule has 3 heterocycles. The minimum atomic E-state index is 0.0603. The Morgan fingerprint density at radius 2 is 2.00 bits per heavy atom. The van der Waals surface area contributed by atoms with E-state index in [1.54, 1.807) is 4.40 Å². The first-order valence-corrected chi connectivity index (χ1v) is 7.78. The zero-order valence-corrected chi connectivity index (χ0v) is 12.9. The highest BCUT2D eigenvalue weighted by Crippen LogP contribution is 2.26. The molecule has 1 N–H and O–H groups in total. The molecule has 0 atom stereocenters. The Bertz CT molecular complexity index is 890. The molecule has 1 aliphatic rings. The predicted molar refractivity (Wildman–Crippen MR) is 87.4 cm³/mol. The fraction of sp³-hybridized carbons (Fsp3) is 0.235. The summed E-state index contributed by atoms with van der Waals surface area (Å²) < 4.78 is 13.1. The Kier molecular flexibility index (Phi) is 3.74. The number of carbonyl (C=O) groups excluding carboxylic acids is 1.